The van der Waals surface area contributed by atoms with Gasteiger partial charge in [-0.05, 0) is 19.3 Å². The Labute approximate surface area is 123 Å². The zero-order chi connectivity index (χ0) is 15.0. The second kappa shape index (κ2) is 5.44. The molecule has 0 radical (unpaired) electrons. The molecule has 2 saturated heterocycles. The third-order valence-corrected chi connectivity index (χ3v) is 4.60. The number of benzene rings is 1. The number of carbonyl (C=O) groups excluding carboxylic acids is 1. The second-order valence-corrected chi connectivity index (χ2v) is 5.93. The molecule has 3 rings (SSSR count). The van der Waals surface area contributed by atoms with E-state index >= 15 is 0 Å². The first-order valence-electron chi connectivity index (χ1n) is 7.32. The van der Waals surface area contributed by atoms with E-state index in [1.165, 1.54) is 6.07 Å². The van der Waals surface area contributed by atoms with Gasteiger partial charge in [-0.3, -0.25) is 14.9 Å². The Morgan fingerprint density at radius 3 is 2.95 bits per heavy atom. The standard InChI is InChI=1S/C15H19N3O3/c1-10-6-12-8-16-9-14(12)17(10)15(19)7-11-4-2-3-5-13(11)18(20)21/h2-5,10,12,14,16H,6-9H2,1H3. The van der Waals surface area contributed by atoms with E-state index in [9.17, 15) is 14.9 Å². The van der Waals surface area contributed by atoms with E-state index in [-0.39, 0.29) is 30.1 Å². The zero-order valence-electron chi connectivity index (χ0n) is 12.0. The molecule has 3 unspecified atom stereocenters. The summed E-state index contributed by atoms with van der Waals surface area (Å²) in [5.74, 6) is 0.516. The number of para-hydroxylation sites is 1. The topological polar surface area (TPSA) is 75.5 Å². The van der Waals surface area contributed by atoms with Gasteiger partial charge in [0.1, 0.15) is 0 Å². The first-order valence-corrected chi connectivity index (χ1v) is 7.32. The highest BCUT2D eigenvalue weighted by Crippen LogP contribution is 2.33. The number of likely N-dealkylation sites (tertiary alicyclic amines) is 1. The van der Waals surface area contributed by atoms with Crippen LogP contribution in [0.3, 0.4) is 0 Å². The van der Waals surface area contributed by atoms with E-state index < -0.39 is 4.92 Å². The lowest BCUT2D eigenvalue weighted by molar-refractivity contribution is -0.385. The van der Waals surface area contributed by atoms with Crippen molar-refractivity contribution in [2.75, 3.05) is 13.1 Å². The fraction of sp³-hybridized carbons (Fsp3) is 0.533. The molecule has 1 N–H and O–H groups in total. The molecule has 2 heterocycles. The summed E-state index contributed by atoms with van der Waals surface area (Å²) in [4.78, 5) is 25.2. The molecule has 0 aliphatic carbocycles. The number of rotatable bonds is 3. The average Bonchev–Trinajstić information content (AvgIpc) is 2.98. The van der Waals surface area contributed by atoms with Crippen LogP contribution in [0.15, 0.2) is 24.3 Å². The third-order valence-electron chi connectivity index (χ3n) is 4.60. The van der Waals surface area contributed by atoms with E-state index in [0.717, 1.165) is 19.5 Å². The largest absolute Gasteiger partial charge is 0.335 e. The van der Waals surface area contributed by atoms with Gasteiger partial charge in [0.15, 0.2) is 0 Å². The van der Waals surface area contributed by atoms with E-state index in [2.05, 4.69) is 12.2 Å². The monoisotopic (exact) mass is 289 g/mol. The van der Waals surface area contributed by atoms with Gasteiger partial charge < -0.3 is 10.2 Å². The average molecular weight is 289 g/mol. The van der Waals surface area contributed by atoms with Crippen molar-refractivity contribution in [2.45, 2.75) is 31.8 Å². The first kappa shape index (κ1) is 14.0. The molecule has 112 valence electrons. The van der Waals surface area contributed by atoms with Gasteiger partial charge in [-0.15, -0.1) is 0 Å². The van der Waals surface area contributed by atoms with Crippen LogP contribution in [0.1, 0.15) is 18.9 Å². The predicted molar refractivity (Wildman–Crippen MR) is 77.9 cm³/mol. The molecule has 0 spiro atoms. The molecule has 1 amide bonds. The van der Waals surface area contributed by atoms with Crippen molar-refractivity contribution in [3.8, 4) is 0 Å². The number of hydrogen-bond acceptors (Lipinski definition) is 4. The minimum atomic E-state index is -0.421. The molecule has 2 aliphatic heterocycles. The number of nitrogens with one attached hydrogen (secondary N) is 1. The SMILES string of the molecule is CC1CC2CNCC2N1C(=O)Cc1ccccc1[N+](=O)[O-]. The molecule has 3 atom stereocenters. The van der Waals surface area contributed by atoms with Crippen molar-refractivity contribution < 1.29 is 9.72 Å². The van der Waals surface area contributed by atoms with Gasteiger partial charge in [0.25, 0.3) is 5.69 Å². The molecular weight excluding hydrogens is 270 g/mol. The lowest BCUT2D eigenvalue weighted by Crippen LogP contribution is -2.43. The molecule has 6 heteroatoms. The number of nitrogens with zero attached hydrogens (tertiary/aromatic N) is 2. The summed E-state index contributed by atoms with van der Waals surface area (Å²) >= 11 is 0. The van der Waals surface area contributed by atoms with Crippen molar-refractivity contribution in [1.29, 1.82) is 0 Å². The predicted octanol–water partition coefficient (Wildman–Crippen LogP) is 1.35. The highest BCUT2D eigenvalue weighted by atomic mass is 16.6. The van der Waals surface area contributed by atoms with Crippen molar-refractivity contribution in [3.05, 3.63) is 39.9 Å². The van der Waals surface area contributed by atoms with Gasteiger partial charge in [-0.2, -0.15) is 0 Å². The summed E-state index contributed by atoms with van der Waals surface area (Å²) < 4.78 is 0. The minimum absolute atomic E-state index is 0.00648. The summed E-state index contributed by atoms with van der Waals surface area (Å²) in [5.41, 5.74) is 0.521. The van der Waals surface area contributed by atoms with E-state index in [1.807, 2.05) is 4.90 Å². The van der Waals surface area contributed by atoms with Gasteiger partial charge in [0.05, 0.1) is 11.3 Å². The van der Waals surface area contributed by atoms with Crippen LogP contribution in [0.2, 0.25) is 0 Å². The van der Waals surface area contributed by atoms with Crippen LogP contribution >= 0.6 is 0 Å². The Bertz CT molecular complexity index is 575. The molecule has 1 aromatic carbocycles. The number of nitro benzene ring substituents is 1. The Kier molecular flexibility index (Phi) is 3.63. The molecule has 6 nitrogen and oxygen atoms in total. The lowest BCUT2D eigenvalue weighted by Gasteiger charge is -2.27. The molecule has 0 saturated carbocycles. The smallest absolute Gasteiger partial charge is 0.273 e. The molecule has 21 heavy (non-hydrogen) atoms. The second-order valence-electron chi connectivity index (χ2n) is 5.93. The van der Waals surface area contributed by atoms with Crippen molar-refractivity contribution in [3.63, 3.8) is 0 Å². The van der Waals surface area contributed by atoms with Gasteiger partial charge in [0.2, 0.25) is 5.91 Å². The molecule has 2 aliphatic rings. The number of hydrogen-bond donors (Lipinski definition) is 1. The maximum Gasteiger partial charge on any atom is 0.273 e. The Hall–Kier alpha value is -1.95. The number of carbonyl (C=O) groups is 1. The van der Waals surface area contributed by atoms with Gasteiger partial charge in [-0.25, -0.2) is 0 Å². The normalized spacial score (nSPS) is 27.7. The van der Waals surface area contributed by atoms with Gasteiger partial charge in [-0.1, -0.05) is 18.2 Å². The maximum absolute atomic E-state index is 12.6. The first-order chi connectivity index (χ1) is 10.1. The van der Waals surface area contributed by atoms with Crippen LogP contribution in [0.4, 0.5) is 5.69 Å². The molecule has 1 aromatic rings. The maximum atomic E-state index is 12.6. The van der Waals surface area contributed by atoms with Gasteiger partial charge >= 0.3 is 0 Å². The highest BCUT2D eigenvalue weighted by Gasteiger charge is 2.44. The van der Waals surface area contributed by atoms with Crippen LogP contribution in [0.5, 0.6) is 0 Å². The quantitative estimate of drug-likeness (QED) is 0.673. The highest BCUT2D eigenvalue weighted by molar-refractivity contribution is 5.81. The molecule has 0 aromatic heterocycles. The summed E-state index contributed by atoms with van der Waals surface area (Å²) in [6.07, 6.45) is 1.12. The summed E-state index contributed by atoms with van der Waals surface area (Å²) in [7, 11) is 0. The number of nitro groups is 1. The fourth-order valence-corrected chi connectivity index (χ4v) is 3.69. The van der Waals surface area contributed by atoms with Crippen molar-refractivity contribution in [2.24, 2.45) is 5.92 Å². The van der Waals surface area contributed by atoms with Crippen molar-refractivity contribution >= 4 is 11.6 Å². The van der Waals surface area contributed by atoms with Crippen LogP contribution < -0.4 is 5.32 Å². The van der Waals surface area contributed by atoms with Crippen LogP contribution in [-0.2, 0) is 11.2 Å². The van der Waals surface area contributed by atoms with Crippen LogP contribution in [0, 0.1) is 16.0 Å². The number of fused-ring (bicyclic) bond motifs is 1. The summed E-state index contributed by atoms with van der Waals surface area (Å²) in [5, 5.41) is 14.4. The number of amides is 1. The fourth-order valence-electron chi connectivity index (χ4n) is 3.69. The Balaban J connectivity index is 1.79. The van der Waals surface area contributed by atoms with Crippen molar-refractivity contribution in [1.82, 2.24) is 10.2 Å². The molecular formula is C15H19N3O3. The zero-order valence-corrected chi connectivity index (χ0v) is 12.0. The molecule has 0 bridgehead atoms. The van der Waals surface area contributed by atoms with E-state index in [4.69, 9.17) is 0 Å². The summed E-state index contributed by atoms with van der Waals surface area (Å²) in [6.45, 7) is 3.86. The third kappa shape index (κ3) is 2.51. The lowest BCUT2D eigenvalue weighted by atomic mass is 10.0. The Morgan fingerprint density at radius 1 is 1.43 bits per heavy atom. The van der Waals surface area contributed by atoms with Crippen LogP contribution in [-0.4, -0.2) is 40.9 Å². The Morgan fingerprint density at radius 2 is 2.19 bits per heavy atom. The molecule has 2 fully saturated rings. The van der Waals surface area contributed by atoms with E-state index in [0.29, 0.717) is 11.5 Å². The summed E-state index contributed by atoms with van der Waals surface area (Å²) in [6, 6.07) is 6.95. The van der Waals surface area contributed by atoms with E-state index in [1.54, 1.807) is 18.2 Å². The van der Waals surface area contributed by atoms with Gasteiger partial charge in [0, 0.05) is 36.8 Å². The minimum Gasteiger partial charge on any atom is -0.335 e. The van der Waals surface area contributed by atoms with Crippen LogP contribution in [0.25, 0.3) is 0 Å².